The Morgan fingerprint density at radius 2 is 0.909 bits per heavy atom. The Morgan fingerprint density at radius 1 is 0.394 bits per heavy atom. The first-order valence-corrected chi connectivity index (χ1v) is 23.9. The molecule has 0 radical (unpaired) electrons. The van der Waals surface area contributed by atoms with E-state index in [1.165, 1.54) is 81.5 Å². The van der Waals surface area contributed by atoms with Crippen LogP contribution < -0.4 is 9.80 Å². The fourth-order valence-corrected chi connectivity index (χ4v) is 13.1. The summed E-state index contributed by atoms with van der Waals surface area (Å²) in [4.78, 5) is 15.2. The topological polar surface area (TPSA) is 32.3 Å². The number of fused-ring (bicyclic) bond motifs is 13. The van der Waals surface area contributed by atoms with Gasteiger partial charge in [-0.2, -0.15) is 0 Å². The standard InChI is InChI=1S/C61H48N4S/c1-59(2)46-35-39(64(37-19-9-7-10-20-37)48-31-33-62-57-53(48)40-23-13-16-26-44(40)60(57,3)4)29-30-42(46)52-47(59)36-50(56-55(52)43-25-15-18-28-51(43)66-56)65(38-21-11-8-12-22-38)49-32-34-63-58-54(49)41-24-14-17-27-45(41)61(58,5)6/h7-36H,1-6H3. The Kier molecular flexibility index (Phi) is 8.19. The molecular formula is C61H48N4S. The Bertz CT molecular complexity index is 3640. The maximum absolute atomic E-state index is 5.13. The first-order chi connectivity index (χ1) is 32.0. The van der Waals surface area contributed by atoms with Gasteiger partial charge in [0.05, 0.1) is 33.1 Å². The number of anilines is 6. The second-order valence-corrected chi connectivity index (χ2v) is 20.8. The van der Waals surface area contributed by atoms with Crippen LogP contribution in [0.5, 0.6) is 0 Å². The molecule has 0 saturated heterocycles. The molecule has 3 aliphatic rings. The molecule has 0 unspecified atom stereocenters. The zero-order valence-corrected chi connectivity index (χ0v) is 38.8. The predicted molar refractivity (Wildman–Crippen MR) is 277 cm³/mol. The van der Waals surface area contributed by atoms with Crippen LogP contribution in [-0.4, -0.2) is 9.97 Å². The first kappa shape index (κ1) is 39.1. The van der Waals surface area contributed by atoms with Crippen LogP contribution in [-0.2, 0) is 16.2 Å². The van der Waals surface area contributed by atoms with Crippen LogP contribution in [0.4, 0.5) is 34.1 Å². The molecule has 0 amide bonds. The normalized spacial score (nSPS) is 15.2. The number of pyridine rings is 2. The van der Waals surface area contributed by atoms with Crippen molar-refractivity contribution in [3.8, 4) is 33.4 Å². The summed E-state index contributed by atoms with van der Waals surface area (Å²) < 4.78 is 2.57. The third-order valence-corrected chi connectivity index (χ3v) is 16.2. The van der Waals surface area contributed by atoms with Crippen molar-refractivity contribution in [2.75, 3.05) is 9.80 Å². The molecule has 0 saturated carbocycles. The highest BCUT2D eigenvalue weighted by atomic mass is 32.1. The van der Waals surface area contributed by atoms with Gasteiger partial charge in [-0.05, 0) is 105 Å². The van der Waals surface area contributed by atoms with E-state index in [2.05, 4.69) is 221 Å². The second kappa shape index (κ2) is 13.8. The van der Waals surface area contributed by atoms with Crippen LogP contribution in [0.15, 0.2) is 182 Å². The van der Waals surface area contributed by atoms with E-state index in [-0.39, 0.29) is 16.2 Å². The number of para-hydroxylation sites is 2. The van der Waals surface area contributed by atoms with Gasteiger partial charge in [-0.3, -0.25) is 9.97 Å². The Hall–Kier alpha value is -7.34. The van der Waals surface area contributed by atoms with Crippen LogP contribution in [0.2, 0.25) is 0 Å². The molecule has 13 rings (SSSR count). The van der Waals surface area contributed by atoms with E-state index in [1.54, 1.807) is 0 Å². The van der Waals surface area contributed by atoms with Crippen LogP contribution in [0.1, 0.15) is 75.2 Å². The van der Waals surface area contributed by atoms with Gasteiger partial charge < -0.3 is 9.80 Å². The van der Waals surface area contributed by atoms with Crippen molar-refractivity contribution in [1.82, 2.24) is 9.97 Å². The molecule has 66 heavy (non-hydrogen) atoms. The fourth-order valence-electron chi connectivity index (χ4n) is 11.9. The maximum atomic E-state index is 5.13. The summed E-state index contributed by atoms with van der Waals surface area (Å²) in [5.41, 5.74) is 21.1. The number of hydrogen-bond donors (Lipinski definition) is 0. The lowest BCUT2D eigenvalue weighted by molar-refractivity contribution is 0.637. The molecule has 0 atom stereocenters. The molecule has 3 heterocycles. The van der Waals surface area contributed by atoms with Gasteiger partial charge in [-0.25, -0.2) is 0 Å². The van der Waals surface area contributed by atoms with Crippen molar-refractivity contribution < 1.29 is 0 Å². The molecule has 0 aliphatic heterocycles. The number of aromatic nitrogens is 2. The summed E-state index contributed by atoms with van der Waals surface area (Å²) in [5, 5.41) is 2.61. The first-order valence-electron chi connectivity index (χ1n) is 23.1. The summed E-state index contributed by atoms with van der Waals surface area (Å²) in [7, 11) is 0. The van der Waals surface area contributed by atoms with Gasteiger partial charge >= 0.3 is 0 Å². The van der Waals surface area contributed by atoms with Crippen LogP contribution in [0, 0.1) is 0 Å². The van der Waals surface area contributed by atoms with Gasteiger partial charge in [-0.15, -0.1) is 11.3 Å². The van der Waals surface area contributed by atoms with E-state index < -0.39 is 0 Å². The average molecular weight is 869 g/mol. The third kappa shape index (κ3) is 5.26. The molecule has 0 spiro atoms. The highest BCUT2D eigenvalue weighted by Gasteiger charge is 2.43. The molecular weight excluding hydrogens is 821 g/mol. The smallest absolute Gasteiger partial charge is 0.0644 e. The lowest BCUT2D eigenvalue weighted by atomic mass is 9.81. The molecule has 0 fully saturated rings. The van der Waals surface area contributed by atoms with Gasteiger partial charge in [-0.1, -0.05) is 151 Å². The van der Waals surface area contributed by atoms with Crippen LogP contribution in [0.3, 0.4) is 0 Å². The maximum Gasteiger partial charge on any atom is 0.0644 e. The number of thiophene rings is 1. The van der Waals surface area contributed by atoms with Crippen LogP contribution in [0.25, 0.3) is 53.6 Å². The quantitative estimate of drug-likeness (QED) is 0.167. The van der Waals surface area contributed by atoms with E-state index in [1.807, 2.05) is 23.7 Å². The van der Waals surface area contributed by atoms with Crippen LogP contribution >= 0.6 is 11.3 Å². The molecule has 7 aromatic carbocycles. The van der Waals surface area contributed by atoms with Gasteiger partial charge in [0.15, 0.2) is 0 Å². The van der Waals surface area contributed by atoms with E-state index >= 15 is 0 Å². The Labute approximate surface area is 390 Å². The van der Waals surface area contributed by atoms with Crippen molar-refractivity contribution in [1.29, 1.82) is 0 Å². The predicted octanol–water partition coefficient (Wildman–Crippen LogP) is 16.7. The van der Waals surface area contributed by atoms with Crippen molar-refractivity contribution in [2.24, 2.45) is 0 Å². The minimum atomic E-state index is -0.346. The number of nitrogens with zero attached hydrogens (tertiary/aromatic N) is 4. The van der Waals surface area contributed by atoms with E-state index in [0.29, 0.717) is 0 Å². The molecule has 318 valence electrons. The number of rotatable bonds is 6. The SMILES string of the molecule is CC1(C)c2cc(N(c3ccccc3)c3ccnc4c3-c3ccccc3C4(C)C)ccc2-c2c1cc(N(c1ccccc1)c1ccnc3c1-c1ccccc1C3(C)C)c1sc3ccccc3c21. The lowest BCUT2D eigenvalue weighted by Gasteiger charge is -2.31. The van der Waals surface area contributed by atoms with Crippen molar-refractivity contribution in [3.05, 3.63) is 216 Å². The molecule has 10 aromatic rings. The van der Waals surface area contributed by atoms with E-state index in [9.17, 15) is 0 Å². The zero-order valence-electron chi connectivity index (χ0n) is 38.0. The molecule has 0 N–H and O–H groups in total. The number of hydrogen-bond acceptors (Lipinski definition) is 5. The summed E-state index contributed by atoms with van der Waals surface area (Å²) >= 11 is 1.90. The molecule has 0 bridgehead atoms. The highest BCUT2D eigenvalue weighted by Crippen LogP contribution is 2.61. The second-order valence-electron chi connectivity index (χ2n) is 19.8. The molecule has 5 heteroatoms. The lowest BCUT2D eigenvalue weighted by Crippen LogP contribution is -2.19. The minimum absolute atomic E-state index is 0.220. The monoisotopic (exact) mass is 868 g/mol. The number of benzene rings is 7. The fraction of sp³-hybridized carbons (Fsp3) is 0.148. The Morgan fingerprint density at radius 3 is 1.53 bits per heavy atom. The van der Waals surface area contributed by atoms with E-state index in [0.717, 1.165) is 39.8 Å². The van der Waals surface area contributed by atoms with Gasteiger partial charge in [0.1, 0.15) is 0 Å². The highest BCUT2D eigenvalue weighted by molar-refractivity contribution is 7.26. The summed E-state index contributed by atoms with van der Waals surface area (Å²) in [6.45, 7) is 14.1. The average Bonchev–Trinajstić information content (AvgIpc) is 3.99. The third-order valence-electron chi connectivity index (χ3n) is 15.0. The van der Waals surface area contributed by atoms with Crippen molar-refractivity contribution >= 4 is 65.6 Å². The minimum Gasteiger partial charge on any atom is -0.310 e. The Balaban J connectivity index is 1.06. The molecule has 4 nitrogen and oxygen atoms in total. The van der Waals surface area contributed by atoms with Crippen molar-refractivity contribution in [3.63, 3.8) is 0 Å². The van der Waals surface area contributed by atoms with Gasteiger partial charge in [0, 0.05) is 72.3 Å². The summed E-state index contributed by atoms with van der Waals surface area (Å²) in [6, 6.07) is 62.7. The molecule has 3 aromatic heterocycles. The van der Waals surface area contributed by atoms with Gasteiger partial charge in [0.2, 0.25) is 0 Å². The molecule has 3 aliphatic carbocycles. The summed E-state index contributed by atoms with van der Waals surface area (Å²) in [6.07, 6.45) is 4.02. The van der Waals surface area contributed by atoms with Crippen molar-refractivity contribution in [2.45, 2.75) is 57.8 Å². The van der Waals surface area contributed by atoms with Gasteiger partial charge in [0.25, 0.3) is 0 Å². The largest absolute Gasteiger partial charge is 0.310 e. The summed E-state index contributed by atoms with van der Waals surface area (Å²) in [5.74, 6) is 0. The van der Waals surface area contributed by atoms with E-state index in [4.69, 9.17) is 9.97 Å². The zero-order chi connectivity index (χ0) is 44.7.